The summed E-state index contributed by atoms with van der Waals surface area (Å²) in [6.45, 7) is 1.17. The number of carbonyl (C=O) groups excluding carboxylic acids is 4. The van der Waals surface area contributed by atoms with Gasteiger partial charge in [-0.25, -0.2) is 0 Å². The molecular formula is C20H21N3O6. The smallest absolute Gasteiger partial charge is 0.249 e. The van der Waals surface area contributed by atoms with Gasteiger partial charge in [-0.2, -0.15) is 0 Å². The Bertz CT molecular complexity index is 911. The molecule has 29 heavy (non-hydrogen) atoms. The number of rotatable bonds is 4. The van der Waals surface area contributed by atoms with Crippen LogP contribution < -0.4 is 19.7 Å². The van der Waals surface area contributed by atoms with Gasteiger partial charge in [0.2, 0.25) is 23.6 Å². The van der Waals surface area contributed by atoms with E-state index >= 15 is 0 Å². The van der Waals surface area contributed by atoms with Crippen LogP contribution >= 0.6 is 0 Å². The molecular weight excluding hydrogens is 378 g/mol. The predicted molar refractivity (Wildman–Crippen MR) is 99.3 cm³/mol. The fraction of sp³-hybridized carbons (Fsp3) is 0.500. The van der Waals surface area contributed by atoms with E-state index in [1.165, 1.54) is 0 Å². The molecule has 0 spiro atoms. The van der Waals surface area contributed by atoms with Crippen LogP contribution in [0.3, 0.4) is 0 Å². The molecule has 1 aromatic rings. The lowest BCUT2D eigenvalue weighted by Crippen LogP contribution is -2.48. The van der Waals surface area contributed by atoms with E-state index in [1.54, 1.807) is 28.0 Å². The molecule has 3 aliphatic heterocycles. The molecule has 3 fully saturated rings. The molecule has 5 rings (SSSR count). The Morgan fingerprint density at radius 2 is 1.83 bits per heavy atom. The van der Waals surface area contributed by atoms with Crippen LogP contribution in [0, 0.1) is 5.92 Å². The van der Waals surface area contributed by atoms with E-state index in [0.717, 1.165) is 12.8 Å². The van der Waals surface area contributed by atoms with E-state index in [1.807, 2.05) is 0 Å². The van der Waals surface area contributed by atoms with Crippen molar-refractivity contribution in [3.8, 4) is 11.5 Å². The van der Waals surface area contributed by atoms with E-state index in [9.17, 15) is 19.2 Å². The van der Waals surface area contributed by atoms with E-state index < -0.39 is 17.9 Å². The molecule has 9 heteroatoms. The quantitative estimate of drug-likeness (QED) is 0.726. The van der Waals surface area contributed by atoms with Crippen LogP contribution in [0.5, 0.6) is 11.5 Å². The van der Waals surface area contributed by atoms with Crippen LogP contribution in [0.1, 0.15) is 25.7 Å². The molecule has 2 atom stereocenters. The zero-order chi connectivity index (χ0) is 20.1. The van der Waals surface area contributed by atoms with Crippen molar-refractivity contribution < 1.29 is 28.7 Å². The Labute approximate surface area is 166 Å². The van der Waals surface area contributed by atoms with Crippen molar-refractivity contribution in [1.82, 2.24) is 10.2 Å². The van der Waals surface area contributed by atoms with Crippen molar-refractivity contribution in [3.63, 3.8) is 0 Å². The molecule has 3 heterocycles. The van der Waals surface area contributed by atoms with Gasteiger partial charge in [0.05, 0.1) is 12.3 Å². The fourth-order valence-corrected chi connectivity index (χ4v) is 4.24. The Hall–Kier alpha value is -3.10. The van der Waals surface area contributed by atoms with Gasteiger partial charge < -0.3 is 19.3 Å². The third-order valence-electron chi connectivity index (χ3n) is 5.79. The average molecular weight is 399 g/mol. The Kier molecular flexibility index (Phi) is 4.18. The Morgan fingerprint density at radius 1 is 1.07 bits per heavy atom. The second-order valence-corrected chi connectivity index (χ2v) is 7.84. The number of hydrogen-bond acceptors (Lipinski definition) is 6. The van der Waals surface area contributed by atoms with Crippen molar-refractivity contribution in [2.75, 3.05) is 24.7 Å². The minimum Gasteiger partial charge on any atom is -0.486 e. The molecule has 1 N–H and O–H groups in total. The van der Waals surface area contributed by atoms with Crippen molar-refractivity contribution in [1.29, 1.82) is 0 Å². The molecule has 0 radical (unpaired) electrons. The summed E-state index contributed by atoms with van der Waals surface area (Å²) < 4.78 is 11.1. The second-order valence-electron chi connectivity index (χ2n) is 7.84. The van der Waals surface area contributed by atoms with Crippen molar-refractivity contribution in [3.05, 3.63) is 18.2 Å². The number of nitrogens with one attached hydrogen (secondary N) is 1. The number of benzene rings is 1. The molecule has 1 saturated carbocycles. The minimum atomic E-state index is -0.763. The molecule has 9 nitrogen and oxygen atoms in total. The van der Waals surface area contributed by atoms with Crippen molar-refractivity contribution >= 4 is 29.3 Å². The topological polar surface area (TPSA) is 105 Å². The molecule has 152 valence electrons. The fourth-order valence-electron chi connectivity index (χ4n) is 4.24. The summed E-state index contributed by atoms with van der Waals surface area (Å²) in [6.07, 6.45) is 1.71. The van der Waals surface area contributed by atoms with Crippen LogP contribution in [-0.2, 0) is 19.2 Å². The largest absolute Gasteiger partial charge is 0.486 e. The first-order chi connectivity index (χ1) is 14.0. The molecule has 0 bridgehead atoms. The SMILES string of the molecule is O=C1C[C@@H](N(C(=O)[C@@H]2CC(=O)N(c3ccc4c(c3)OCCO4)C2)C2CC2)C(=O)N1. The summed E-state index contributed by atoms with van der Waals surface area (Å²) in [5.41, 5.74) is 0.654. The van der Waals surface area contributed by atoms with Crippen LogP contribution in [0.25, 0.3) is 0 Å². The molecule has 1 aliphatic carbocycles. The number of imide groups is 1. The van der Waals surface area contributed by atoms with E-state index in [4.69, 9.17) is 9.47 Å². The predicted octanol–water partition coefficient (Wildman–Crippen LogP) is 0.217. The van der Waals surface area contributed by atoms with Crippen LogP contribution in [0.2, 0.25) is 0 Å². The van der Waals surface area contributed by atoms with Gasteiger partial charge in [0, 0.05) is 30.8 Å². The minimum absolute atomic E-state index is 0.00633. The Morgan fingerprint density at radius 3 is 2.52 bits per heavy atom. The monoisotopic (exact) mass is 399 g/mol. The van der Waals surface area contributed by atoms with Gasteiger partial charge in [-0.15, -0.1) is 0 Å². The third-order valence-corrected chi connectivity index (χ3v) is 5.79. The first-order valence-electron chi connectivity index (χ1n) is 9.87. The molecule has 4 amide bonds. The Balaban J connectivity index is 1.35. The van der Waals surface area contributed by atoms with Crippen LogP contribution in [0.4, 0.5) is 5.69 Å². The number of amides is 4. The van der Waals surface area contributed by atoms with Gasteiger partial charge in [-0.3, -0.25) is 24.5 Å². The maximum Gasteiger partial charge on any atom is 0.249 e. The van der Waals surface area contributed by atoms with Gasteiger partial charge in [-0.05, 0) is 25.0 Å². The number of ether oxygens (including phenoxy) is 2. The number of hydrogen-bond donors (Lipinski definition) is 1. The van der Waals surface area contributed by atoms with Crippen molar-refractivity contribution in [2.45, 2.75) is 37.8 Å². The van der Waals surface area contributed by atoms with E-state index in [-0.39, 0.29) is 43.1 Å². The summed E-state index contributed by atoms with van der Waals surface area (Å²) >= 11 is 0. The molecule has 0 unspecified atom stereocenters. The zero-order valence-corrected chi connectivity index (χ0v) is 15.8. The summed E-state index contributed by atoms with van der Waals surface area (Å²) in [6, 6.07) is 4.50. The highest BCUT2D eigenvalue weighted by Gasteiger charge is 2.48. The van der Waals surface area contributed by atoms with Crippen molar-refractivity contribution in [2.24, 2.45) is 5.92 Å². The lowest BCUT2D eigenvalue weighted by atomic mass is 10.0. The van der Waals surface area contributed by atoms with Crippen LogP contribution in [0.15, 0.2) is 18.2 Å². The first-order valence-corrected chi connectivity index (χ1v) is 9.87. The molecule has 0 aromatic heterocycles. The summed E-state index contributed by atoms with van der Waals surface area (Å²) in [5.74, 6) is -0.492. The first kappa shape index (κ1) is 18.0. The maximum absolute atomic E-state index is 13.2. The summed E-state index contributed by atoms with van der Waals surface area (Å²) in [7, 11) is 0. The zero-order valence-electron chi connectivity index (χ0n) is 15.8. The number of fused-ring (bicyclic) bond motifs is 1. The lowest BCUT2D eigenvalue weighted by molar-refractivity contribution is -0.142. The highest BCUT2D eigenvalue weighted by atomic mass is 16.6. The number of carbonyl (C=O) groups is 4. The number of anilines is 1. The second kappa shape index (κ2) is 6.75. The summed E-state index contributed by atoms with van der Waals surface area (Å²) in [5, 5.41) is 2.27. The van der Waals surface area contributed by atoms with E-state index in [0.29, 0.717) is 30.4 Å². The average Bonchev–Trinajstić information content (AvgIpc) is 3.38. The number of nitrogens with zero attached hydrogens (tertiary/aromatic N) is 2. The lowest BCUT2D eigenvalue weighted by Gasteiger charge is -2.29. The van der Waals surface area contributed by atoms with Gasteiger partial charge in [-0.1, -0.05) is 0 Å². The molecule has 2 saturated heterocycles. The highest BCUT2D eigenvalue weighted by molar-refractivity contribution is 6.07. The van der Waals surface area contributed by atoms with E-state index in [2.05, 4.69) is 5.32 Å². The molecule has 4 aliphatic rings. The van der Waals surface area contributed by atoms with Crippen LogP contribution in [-0.4, -0.2) is 60.4 Å². The van der Waals surface area contributed by atoms with Gasteiger partial charge in [0.15, 0.2) is 11.5 Å². The van der Waals surface area contributed by atoms with Gasteiger partial charge in [0.25, 0.3) is 0 Å². The molecule has 1 aromatic carbocycles. The normalized spacial score (nSPS) is 25.9. The standard InChI is InChI=1S/C20H21N3O6/c24-17-9-14(19(26)21-17)23(12-1-2-12)20(27)11-7-18(25)22(10-11)13-3-4-15-16(8-13)29-6-5-28-15/h3-4,8,11-12,14H,1-2,5-7,9-10H2,(H,21,24,26)/t11-,14-/m1/s1. The summed E-state index contributed by atoms with van der Waals surface area (Å²) in [4.78, 5) is 52.8. The highest BCUT2D eigenvalue weighted by Crippen LogP contribution is 2.38. The third kappa shape index (κ3) is 3.20. The van der Waals surface area contributed by atoms with Gasteiger partial charge >= 0.3 is 0 Å². The van der Waals surface area contributed by atoms with Gasteiger partial charge in [0.1, 0.15) is 19.3 Å². The maximum atomic E-state index is 13.2.